The number of alkyl halides is 3. The first kappa shape index (κ1) is 17.4. The van der Waals surface area contributed by atoms with Crippen LogP contribution >= 0.6 is 11.3 Å². The summed E-state index contributed by atoms with van der Waals surface area (Å²) in [6.07, 6.45) is -2.20. The number of halogens is 3. The van der Waals surface area contributed by atoms with E-state index in [9.17, 15) is 22.8 Å². The molecule has 0 N–H and O–H groups in total. The summed E-state index contributed by atoms with van der Waals surface area (Å²) >= 11 is 1.30. The molecule has 4 rings (SSSR count). The number of carbonyl (C=O) groups is 2. The van der Waals surface area contributed by atoms with Gasteiger partial charge in [0.2, 0.25) is 0 Å². The van der Waals surface area contributed by atoms with Gasteiger partial charge < -0.3 is 0 Å². The monoisotopic (exact) mass is 379 g/mol. The zero-order chi connectivity index (χ0) is 18.6. The second-order valence-corrected chi connectivity index (χ2v) is 8.18. The zero-order valence-electron chi connectivity index (χ0n) is 14.0. The average molecular weight is 379 g/mol. The molecule has 2 aliphatic rings. The summed E-state index contributed by atoms with van der Waals surface area (Å²) in [5, 5.41) is 0.532. The molecule has 1 aromatic carbocycles. The van der Waals surface area contributed by atoms with Gasteiger partial charge in [0.15, 0.2) is 11.6 Å². The van der Waals surface area contributed by atoms with Gasteiger partial charge in [-0.25, -0.2) is 4.98 Å². The molecule has 2 bridgehead atoms. The van der Waals surface area contributed by atoms with E-state index >= 15 is 0 Å². The fourth-order valence-corrected chi connectivity index (χ4v) is 4.94. The summed E-state index contributed by atoms with van der Waals surface area (Å²) in [6.45, 7) is 1.80. The average Bonchev–Trinajstić information content (AvgIpc) is 3.19. The molecule has 0 spiro atoms. The number of aryl methyl sites for hydroxylation is 1. The molecule has 2 aromatic rings. The van der Waals surface area contributed by atoms with Crippen LogP contribution in [0.2, 0.25) is 0 Å². The van der Waals surface area contributed by atoms with E-state index in [1.54, 1.807) is 6.92 Å². The second kappa shape index (κ2) is 6.01. The Labute approximate surface area is 152 Å². The van der Waals surface area contributed by atoms with Gasteiger partial charge in [-0.2, -0.15) is 13.2 Å². The predicted molar refractivity (Wildman–Crippen MR) is 90.9 cm³/mol. The maximum atomic E-state index is 12.7. The lowest BCUT2D eigenvalue weighted by Gasteiger charge is -2.24. The van der Waals surface area contributed by atoms with E-state index in [1.807, 2.05) is 0 Å². The van der Waals surface area contributed by atoms with Gasteiger partial charge in [-0.3, -0.25) is 9.59 Å². The predicted octanol–water partition coefficient (Wildman–Crippen LogP) is 4.79. The van der Waals surface area contributed by atoms with Crippen LogP contribution in [0.3, 0.4) is 0 Å². The summed E-state index contributed by atoms with van der Waals surface area (Å²) < 4.78 is 38.1. The number of hydrogen-bond acceptors (Lipinski definition) is 4. The first-order valence-corrected chi connectivity index (χ1v) is 9.29. The van der Waals surface area contributed by atoms with Gasteiger partial charge >= 0.3 is 6.18 Å². The molecule has 1 heterocycles. The minimum absolute atomic E-state index is 0.0453. The van der Waals surface area contributed by atoms with Gasteiger partial charge in [-0.1, -0.05) is 12.1 Å². The van der Waals surface area contributed by atoms with Crippen molar-refractivity contribution in [1.82, 2.24) is 4.98 Å². The standard InChI is InChI=1S/C19H16F3NO2S/c1-9-15(14-16(24)11-2-3-12(8-11)17(14)25)23-18(26-9)10-4-6-13(7-5-10)19(20,21)22/h4-7,11-12,14H,2-3,8H2,1H3/t11-,12+,14?. The van der Waals surface area contributed by atoms with Crippen LogP contribution < -0.4 is 0 Å². The summed E-state index contributed by atoms with van der Waals surface area (Å²) in [5.41, 5.74) is 0.316. The minimum atomic E-state index is -4.39. The fraction of sp³-hybridized carbons (Fsp3) is 0.421. The molecule has 3 atom stereocenters. The number of hydrogen-bond donors (Lipinski definition) is 0. The van der Waals surface area contributed by atoms with Crippen molar-refractivity contribution >= 4 is 22.9 Å². The fourth-order valence-electron chi connectivity index (χ4n) is 3.98. The van der Waals surface area contributed by atoms with Crippen molar-refractivity contribution in [2.45, 2.75) is 38.3 Å². The summed E-state index contributed by atoms with van der Waals surface area (Å²) in [4.78, 5) is 30.6. The molecule has 0 saturated heterocycles. The quantitative estimate of drug-likeness (QED) is 0.705. The number of carbonyl (C=O) groups excluding carboxylic acids is 2. The summed E-state index contributed by atoms with van der Waals surface area (Å²) in [7, 11) is 0. The van der Waals surface area contributed by atoms with Crippen LogP contribution in [0.25, 0.3) is 10.6 Å². The molecule has 1 aromatic heterocycles. The van der Waals surface area contributed by atoms with Crippen molar-refractivity contribution in [2.24, 2.45) is 11.8 Å². The van der Waals surface area contributed by atoms with E-state index in [0.717, 1.165) is 29.9 Å². The number of nitrogens with zero attached hydrogens (tertiary/aromatic N) is 1. The van der Waals surface area contributed by atoms with E-state index in [1.165, 1.54) is 23.5 Å². The highest BCUT2D eigenvalue weighted by molar-refractivity contribution is 7.15. The van der Waals surface area contributed by atoms with Gasteiger partial charge in [0.05, 0.1) is 11.3 Å². The maximum Gasteiger partial charge on any atom is 0.416 e. The zero-order valence-corrected chi connectivity index (χ0v) is 14.8. The third-order valence-corrected chi connectivity index (χ3v) is 6.41. The topological polar surface area (TPSA) is 47.0 Å². The summed E-state index contributed by atoms with van der Waals surface area (Å²) in [5.74, 6) is -1.01. The molecule has 3 nitrogen and oxygen atoms in total. The van der Waals surface area contributed by atoms with Crippen LogP contribution in [0, 0.1) is 18.8 Å². The van der Waals surface area contributed by atoms with Crippen molar-refractivity contribution in [3.63, 3.8) is 0 Å². The van der Waals surface area contributed by atoms with Crippen molar-refractivity contribution in [1.29, 1.82) is 0 Å². The highest BCUT2D eigenvalue weighted by Crippen LogP contribution is 2.45. The number of benzene rings is 1. The molecule has 1 unspecified atom stereocenters. The van der Waals surface area contributed by atoms with Crippen LogP contribution in [0.1, 0.15) is 41.3 Å². The van der Waals surface area contributed by atoms with E-state index in [2.05, 4.69) is 4.98 Å². The smallest absolute Gasteiger partial charge is 0.298 e. The van der Waals surface area contributed by atoms with Crippen LogP contribution in [0.15, 0.2) is 24.3 Å². The van der Waals surface area contributed by atoms with Gasteiger partial charge in [0.25, 0.3) is 0 Å². The maximum absolute atomic E-state index is 12.7. The molecular weight excluding hydrogens is 363 g/mol. The molecule has 26 heavy (non-hydrogen) atoms. The molecule has 7 heteroatoms. The Morgan fingerprint density at radius 1 is 1.04 bits per heavy atom. The number of rotatable bonds is 2. The third kappa shape index (κ3) is 2.78. The Kier molecular flexibility index (Phi) is 4.02. The number of fused-ring (bicyclic) bond motifs is 2. The lowest BCUT2D eigenvalue weighted by atomic mass is 9.77. The number of thiazole rings is 1. The van der Waals surface area contributed by atoms with Crippen LogP contribution in [0.4, 0.5) is 13.2 Å². The van der Waals surface area contributed by atoms with Crippen molar-refractivity contribution < 1.29 is 22.8 Å². The SMILES string of the molecule is Cc1sc(-c2ccc(C(F)(F)F)cc2)nc1C1C(=O)[C@@H]2CC[C@@H](C2)C1=O. The Morgan fingerprint density at radius 3 is 2.15 bits per heavy atom. The van der Waals surface area contributed by atoms with E-state index in [-0.39, 0.29) is 23.4 Å². The Bertz CT molecular complexity index is 863. The summed E-state index contributed by atoms with van der Waals surface area (Å²) in [6, 6.07) is 4.78. The van der Waals surface area contributed by atoms with E-state index < -0.39 is 17.7 Å². The molecule has 2 aliphatic carbocycles. The minimum Gasteiger partial charge on any atom is -0.298 e. The van der Waals surface area contributed by atoms with Gasteiger partial charge in [-0.05, 0) is 38.3 Å². The highest BCUT2D eigenvalue weighted by Gasteiger charge is 2.48. The number of Topliss-reactive ketones (excluding diaryl/α,β-unsaturated/α-hetero) is 2. The molecule has 0 radical (unpaired) electrons. The van der Waals surface area contributed by atoms with E-state index in [4.69, 9.17) is 0 Å². The Morgan fingerprint density at radius 2 is 1.62 bits per heavy atom. The molecule has 0 aliphatic heterocycles. The largest absolute Gasteiger partial charge is 0.416 e. The van der Waals surface area contributed by atoms with Gasteiger partial charge in [0.1, 0.15) is 10.9 Å². The van der Waals surface area contributed by atoms with E-state index in [0.29, 0.717) is 22.7 Å². The first-order valence-electron chi connectivity index (χ1n) is 8.48. The Hall–Kier alpha value is -2.02. The normalized spacial score (nSPS) is 25.8. The third-order valence-electron chi connectivity index (χ3n) is 5.37. The van der Waals surface area contributed by atoms with Crippen LogP contribution in [-0.2, 0) is 15.8 Å². The van der Waals surface area contributed by atoms with Crippen molar-refractivity contribution in [3.8, 4) is 10.6 Å². The molecular formula is C19H16F3NO2S. The lowest BCUT2D eigenvalue weighted by Crippen LogP contribution is -2.35. The molecule has 2 saturated carbocycles. The lowest BCUT2D eigenvalue weighted by molar-refractivity contribution is -0.138. The molecule has 0 amide bonds. The van der Waals surface area contributed by atoms with Crippen LogP contribution in [-0.4, -0.2) is 16.6 Å². The second-order valence-electron chi connectivity index (χ2n) is 6.98. The van der Waals surface area contributed by atoms with Crippen molar-refractivity contribution in [3.05, 3.63) is 40.4 Å². The number of aromatic nitrogens is 1. The molecule has 2 fully saturated rings. The number of ketones is 2. The Balaban J connectivity index is 1.68. The van der Waals surface area contributed by atoms with Crippen LogP contribution in [0.5, 0.6) is 0 Å². The first-order chi connectivity index (χ1) is 12.3. The van der Waals surface area contributed by atoms with Crippen molar-refractivity contribution in [2.75, 3.05) is 0 Å². The highest BCUT2D eigenvalue weighted by atomic mass is 32.1. The molecule has 136 valence electrons. The van der Waals surface area contributed by atoms with Gasteiger partial charge in [-0.15, -0.1) is 11.3 Å². The van der Waals surface area contributed by atoms with Gasteiger partial charge in [0, 0.05) is 22.3 Å².